The number of amides is 3. The Morgan fingerprint density at radius 1 is 1.07 bits per heavy atom. The number of rotatable bonds is 13. The maximum Gasteiger partial charge on any atom is 0.249 e. The Morgan fingerprint density at radius 2 is 1.74 bits per heavy atom. The molecule has 3 heterocycles. The maximum atomic E-state index is 14.8. The van der Waals surface area contributed by atoms with Gasteiger partial charge in [-0.15, -0.1) is 13.2 Å². The van der Waals surface area contributed by atoms with Crippen LogP contribution in [0.1, 0.15) is 66.7 Å². The predicted molar refractivity (Wildman–Crippen MR) is 165 cm³/mol. The van der Waals surface area contributed by atoms with Gasteiger partial charge in [0.1, 0.15) is 11.6 Å². The number of carbonyl (C=O) groups is 3. The molecule has 1 spiro atoms. The number of aliphatic hydroxyl groups excluding tert-OH is 1. The first-order chi connectivity index (χ1) is 19.8. The van der Waals surface area contributed by atoms with Crippen LogP contribution in [0.25, 0.3) is 0 Å². The van der Waals surface area contributed by atoms with E-state index in [9.17, 15) is 19.5 Å². The first-order valence-electron chi connectivity index (χ1n) is 15.3. The molecule has 8 heteroatoms. The number of para-hydroxylation sites is 1. The van der Waals surface area contributed by atoms with Gasteiger partial charge in [0.05, 0.1) is 17.9 Å². The standard InChI is InChI=1S/C34H49N3O5/c1-8-19-35(24-15-11-10-12-16-24)29(39)26-25-17-18-34(42-25)27(26)30(40)36(21-13-14-22-38)28(34)31(41)37(20-9-2)33(6,7)23-32(3,4)5/h8-12,15-16,25-28,38H,1-2,13-14,17-23H2,3-7H3/t25-,26+,27-,28?,34?/m0/s1. The van der Waals surface area contributed by atoms with Gasteiger partial charge >= 0.3 is 0 Å². The molecule has 3 aliphatic rings. The summed E-state index contributed by atoms with van der Waals surface area (Å²) < 4.78 is 6.71. The molecule has 0 aliphatic carbocycles. The molecule has 1 N–H and O–H groups in total. The van der Waals surface area contributed by atoms with Crippen LogP contribution in [0.4, 0.5) is 5.69 Å². The molecule has 42 heavy (non-hydrogen) atoms. The molecule has 1 aromatic rings. The van der Waals surface area contributed by atoms with E-state index in [1.54, 1.807) is 22.0 Å². The molecule has 3 saturated heterocycles. The number of benzene rings is 1. The van der Waals surface area contributed by atoms with Crippen LogP contribution in [0.3, 0.4) is 0 Å². The van der Waals surface area contributed by atoms with Crippen molar-refractivity contribution in [2.24, 2.45) is 17.3 Å². The highest BCUT2D eigenvalue weighted by atomic mass is 16.5. The van der Waals surface area contributed by atoms with E-state index in [-0.39, 0.29) is 29.7 Å². The van der Waals surface area contributed by atoms with Crippen molar-refractivity contribution in [2.75, 3.05) is 31.1 Å². The number of carbonyl (C=O) groups excluding carboxylic acids is 3. The van der Waals surface area contributed by atoms with Gasteiger partial charge in [0.2, 0.25) is 17.7 Å². The first kappa shape index (κ1) is 32.0. The first-order valence-corrected chi connectivity index (χ1v) is 15.3. The van der Waals surface area contributed by atoms with Gasteiger partial charge < -0.3 is 24.5 Å². The number of hydrogen-bond donors (Lipinski definition) is 1. The zero-order valence-corrected chi connectivity index (χ0v) is 26.1. The van der Waals surface area contributed by atoms with Gasteiger partial charge in [0.15, 0.2) is 0 Å². The van der Waals surface area contributed by atoms with Gasteiger partial charge in [-0.1, -0.05) is 51.1 Å². The molecule has 1 aromatic carbocycles. The molecule has 0 aromatic heterocycles. The molecule has 3 fully saturated rings. The summed E-state index contributed by atoms with van der Waals surface area (Å²) >= 11 is 0. The lowest BCUT2D eigenvalue weighted by Crippen LogP contribution is -2.61. The zero-order valence-electron chi connectivity index (χ0n) is 26.1. The quantitative estimate of drug-likeness (QED) is 0.273. The number of likely N-dealkylation sites (tertiary alicyclic amines) is 1. The predicted octanol–water partition coefficient (Wildman–Crippen LogP) is 4.58. The maximum absolute atomic E-state index is 14.8. The van der Waals surface area contributed by atoms with E-state index in [0.717, 1.165) is 12.1 Å². The van der Waals surface area contributed by atoms with Crippen LogP contribution in [0.5, 0.6) is 0 Å². The molecule has 230 valence electrons. The summed E-state index contributed by atoms with van der Waals surface area (Å²) in [6, 6.07) is 8.55. The van der Waals surface area contributed by atoms with Crippen LogP contribution in [-0.4, -0.2) is 82.2 Å². The lowest BCUT2D eigenvalue weighted by atomic mass is 9.70. The van der Waals surface area contributed by atoms with Crippen LogP contribution in [0.15, 0.2) is 55.6 Å². The van der Waals surface area contributed by atoms with Gasteiger partial charge in [0, 0.05) is 37.5 Å². The SMILES string of the molecule is C=CCN(C(=O)[C@@H]1[C@@H]2CCC3(O2)C(C(=O)N(CC=C)C(C)(C)CC(C)(C)C)N(CCCCO)C(=O)[C@H]13)c1ccccc1. The summed E-state index contributed by atoms with van der Waals surface area (Å²) in [7, 11) is 0. The summed E-state index contributed by atoms with van der Waals surface area (Å²) in [5.41, 5.74) is -0.898. The van der Waals surface area contributed by atoms with E-state index in [4.69, 9.17) is 4.74 Å². The third kappa shape index (κ3) is 5.80. The highest BCUT2D eigenvalue weighted by molar-refractivity contribution is 6.03. The van der Waals surface area contributed by atoms with Crippen molar-refractivity contribution in [2.45, 2.75) is 90.0 Å². The van der Waals surface area contributed by atoms with E-state index < -0.39 is 35.1 Å². The molecule has 0 radical (unpaired) electrons. The summed E-state index contributed by atoms with van der Waals surface area (Å²) in [4.78, 5) is 48.6. The average molecular weight is 580 g/mol. The number of aliphatic hydroxyl groups is 1. The number of ether oxygens (including phenoxy) is 1. The summed E-state index contributed by atoms with van der Waals surface area (Å²) in [5, 5.41) is 9.48. The molecule has 4 rings (SSSR count). The Balaban J connectivity index is 1.76. The Kier molecular flexibility index (Phi) is 9.38. The van der Waals surface area contributed by atoms with Gasteiger partial charge in [0.25, 0.3) is 0 Å². The molecule has 3 aliphatic heterocycles. The van der Waals surface area contributed by atoms with Crippen LogP contribution >= 0.6 is 0 Å². The minimum Gasteiger partial charge on any atom is -0.396 e. The number of anilines is 1. The summed E-state index contributed by atoms with van der Waals surface area (Å²) in [6.07, 6.45) is 5.95. The Labute approximate surface area is 251 Å². The lowest BCUT2D eigenvalue weighted by molar-refractivity contribution is -0.152. The minimum absolute atomic E-state index is 0.00366. The molecule has 5 atom stereocenters. The fourth-order valence-electron chi connectivity index (χ4n) is 7.89. The molecular formula is C34H49N3O5. The molecule has 8 nitrogen and oxygen atoms in total. The van der Waals surface area contributed by atoms with Crippen molar-refractivity contribution in [1.29, 1.82) is 0 Å². The van der Waals surface area contributed by atoms with E-state index in [2.05, 4.69) is 47.8 Å². The van der Waals surface area contributed by atoms with Crippen molar-refractivity contribution in [3.8, 4) is 0 Å². The Morgan fingerprint density at radius 3 is 2.33 bits per heavy atom. The van der Waals surface area contributed by atoms with E-state index in [1.165, 1.54) is 0 Å². The van der Waals surface area contributed by atoms with Crippen molar-refractivity contribution < 1.29 is 24.2 Å². The van der Waals surface area contributed by atoms with Gasteiger partial charge in [-0.05, 0) is 63.5 Å². The van der Waals surface area contributed by atoms with Crippen LogP contribution in [-0.2, 0) is 19.1 Å². The van der Waals surface area contributed by atoms with Gasteiger partial charge in [-0.2, -0.15) is 0 Å². The monoisotopic (exact) mass is 579 g/mol. The third-order valence-corrected chi connectivity index (χ3v) is 9.04. The topological polar surface area (TPSA) is 90.4 Å². The summed E-state index contributed by atoms with van der Waals surface area (Å²) in [6.45, 7) is 19.3. The van der Waals surface area contributed by atoms with Crippen molar-refractivity contribution >= 4 is 23.4 Å². The van der Waals surface area contributed by atoms with E-state index in [0.29, 0.717) is 45.3 Å². The van der Waals surface area contributed by atoms with E-state index >= 15 is 0 Å². The summed E-state index contributed by atoms with van der Waals surface area (Å²) in [5.74, 6) is -1.99. The van der Waals surface area contributed by atoms with Crippen LogP contribution < -0.4 is 4.90 Å². The number of fused-ring (bicyclic) bond motifs is 1. The molecule has 0 saturated carbocycles. The Bertz CT molecular complexity index is 1180. The zero-order chi connectivity index (χ0) is 30.9. The minimum atomic E-state index is -1.08. The second kappa shape index (κ2) is 12.3. The van der Waals surface area contributed by atoms with Crippen LogP contribution in [0, 0.1) is 17.3 Å². The molecule has 2 bridgehead atoms. The molecule has 3 amide bonds. The van der Waals surface area contributed by atoms with Crippen molar-refractivity contribution in [1.82, 2.24) is 9.80 Å². The highest BCUT2D eigenvalue weighted by Crippen LogP contribution is 2.59. The van der Waals surface area contributed by atoms with Crippen molar-refractivity contribution in [3.05, 3.63) is 55.6 Å². The largest absolute Gasteiger partial charge is 0.396 e. The van der Waals surface area contributed by atoms with E-state index in [1.807, 2.05) is 35.2 Å². The highest BCUT2D eigenvalue weighted by Gasteiger charge is 2.75. The van der Waals surface area contributed by atoms with Gasteiger partial charge in [-0.3, -0.25) is 14.4 Å². The third-order valence-electron chi connectivity index (χ3n) is 9.04. The van der Waals surface area contributed by atoms with Crippen LogP contribution in [0.2, 0.25) is 0 Å². The van der Waals surface area contributed by atoms with Gasteiger partial charge in [-0.25, -0.2) is 0 Å². The molecule has 2 unspecified atom stereocenters. The van der Waals surface area contributed by atoms with Crippen molar-refractivity contribution in [3.63, 3.8) is 0 Å². The fourth-order valence-corrected chi connectivity index (χ4v) is 7.89. The lowest BCUT2D eigenvalue weighted by Gasteiger charge is -2.45. The molecular weight excluding hydrogens is 530 g/mol. The fraction of sp³-hybridized carbons (Fsp3) is 0.618. The number of unbranched alkanes of at least 4 members (excludes halogenated alkanes) is 1. The second-order valence-electron chi connectivity index (χ2n) is 13.9. The normalized spacial score (nSPS) is 26.7. The number of nitrogens with zero attached hydrogens (tertiary/aromatic N) is 3. The average Bonchev–Trinajstić information content (AvgIpc) is 3.56. The Hall–Kier alpha value is -2.97. The second-order valence-corrected chi connectivity index (χ2v) is 13.9. The smallest absolute Gasteiger partial charge is 0.249 e. The number of hydrogen-bond acceptors (Lipinski definition) is 5.